The van der Waals surface area contributed by atoms with Gasteiger partial charge in [-0.05, 0) is 38.4 Å². The maximum absolute atomic E-state index is 10.3. The fraction of sp³-hybridized carbons (Fsp3) is 0.889. The highest BCUT2D eigenvalue weighted by molar-refractivity contribution is 7.98. The molecular formula is C9H19NO2S. The van der Waals surface area contributed by atoms with Gasteiger partial charge in [0.05, 0.1) is 6.42 Å². The van der Waals surface area contributed by atoms with E-state index >= 15 is 0 Å². The molecule has 0 aliphatic heterocycles. The summed E-state index contributed by atoms with van der Waals surface area (Å²) in [5.41, 5.74) is 0. The fourth-order valence-corrected chi connectivity index (χ4v) is 1.52. The van der Waals surface area contributed by atoms with Crippen LogP contribution in [0.1, 0.15) is 19.3 Å². The van der Waals surface area contributed by atoms with Crippen molar-refractivity contribution in [3.05, 3.63) is 0 Å². The Kier molecular flexibility index (Phi) is 8.24. The van der Waals surface area contributed by atoms with E-state index in [9.17, 15) is 4.79 Å². The van der Waals surface area contributed by atoms with E-state index in [1.807, 2.05) is 18.8 Å². The molecule has 0 spiro atoms. The average Bonchev–Trinajstić information content (AvgIpc) is 2.09. The van der Waals surface area contributed by atoms with Crippen LogP contribution in [0, 0.1) is 0 Å². The molecule has 13 heavy (non-hydrogen) atoms. The van der Waals surface area contributed by atoms with Gasteiger partial charge < -0.3 is 10.0 Å². The van der Waals surface area contributed by atoms with Crippen molar-refractivity contribution < 1.29 is 9.90 Å². The SMILES string of the molecule is CSCCCCN(C)CCC(=O)O. The van der Waals surface area contributed by atoms with Crippen LogP contribution in [0.4, 0.5) is 0 Å². The summed E-state index contributed by atoms with van der Waals surface area (Å²) in [6, 6.07) is 0. The Morgan fingerprint density at radius 3 is 2.62 bits per heavy atom. The summed E-state index contributed by atoms with van der Waals surface area (Å²) in [6.07, 6.45) is 4.74. The topological polar surface area (TPSA) is 40.5 Å². The molecule has 0 bridgehead atoms. The predicted octanol–water partition coefficient (Wildman–Crippen LogP) is 1.54. The number of unbranched alkanes of at least 4 members (excludes halogenated alkanes) is 1. The van der Waals surface area contributed by atoms with E-state index in [-0.39, 0.29) is 6.42 Å². The molecule has 3 nitrogen and oxygen atoms in total. The first-order valence-electron chi connectivity index (χ1n) is 4.56. The van der Waals surface area contributed by atoms with Gasteiger partial charge in [-0.25, -0.2) is 0 Å². The lowest BCUT2D eigenvalue weighted by Gasteiger charge is -2.14. The molecule has 4 heteroatoms. The van der Waals surface area contributed by atoms with E-state index in [1.165, 1.54) is 12.2 Å². The van der Waals surface area contributed by atoms with Gasteiger partial charge in [0.2, 0.25) is 0 Å². The zero-order chi connectivity index (χ0) is 10.1. The minimum atomic E-state index is -0.712. The lowest BCUT2D eigenvalue weighted by Crippen LogP contribution is -2.22. The zero-order valence-corrected chi connectivity index (χ0v) is 9.27. The summed E-state index contributed by atoms with van der Waals surface area (Å²) < 4.78 is 0. The summed E-state index contributed by atoms with van der Waals surface area (Å²) in [7, 11) is 1.97. The second-order valence-electron chi connectivity index (χ2n) is 3.15. The molecule has 1 N–H and O–H groups in total. The minimum Gasteiger partial charge on any atom is -0.481 e. The van der Waals surface area contributed by atoms with Crippen molar-refractivity contribution in [2.45, 2.75) is 19.3 Å². The summed E-state index contributed by atoms with van der Waals surface area (Å²) in [6.45, 7) is 1.67. The highest BCUT2D eigenvalue weighted by Crippen LogP contribution is 2.00. The van der Waals surface area contributed by atoms with Gasteiger partial charge in [0.15, 0.2) is 0 Å². The van der Waals surface area contributed by atoms with Crippen LogP contribution in [0.2, 0.25) is 0 Å². The van der Waals surface area contributed by atoms with E-state index in [0.717, 1.165) is 13.0 Å². The second kappa shape index (κ2) is 8.38. The Morgan fingerprint density at radius 2 is 2.08 bits per heavy atom. The molecule has 0 fully saturated rings. The molecule has 0 rings (SSSR count). The van der Waals surface area contributed by atoms with E-state index in [4.69, 9.17) is 5.11 Å². The van der Waals surface area contributed by atoms with Gasteiger partial charge in [0.1, 0.15) is 0 Å². The molecule has 78 valence electrons. The van der Waals surface area contributed by atoms with Gasteiger partial charge >= 0.3 is 5.97 Å². The van der Waals surface area contributed by atoms with E-state index in [2.05, 4.69) is 11.2 Å². The van der Waals surface area contributed by atoms with Crippen LogP contribution >= 0.6 is 11.8 Å². The monoisotopic (exact) mass is 205 g/mol. The number of hydrogen-bond acceptors (Lipinski definition) is 3. The lowest BCUT2D eigenvalue weighted by molar-refractivity contribution is -0.137. The van der Waals surface area contributed by atoms with Crippen molar-refractivity contribution in [1.29, 1.82) is 0 Å². The molecule has 0 aliphatic carbocycles. The maximum atomic E-state index is 10.3. The van der Waals surface area contributed by atoms with Gasteiger partial charge in [0, 0.05) is 6.54 Å². The van der Waals surface area contributed by atoms with Crippen LogP contribution in [0.5, 0.6) is 0 Å². The molecule has 0 aromatic heterocycles. The molecule has 0 saturated heterocycles. The van der Waals surface area contributed by atoms with Crippen LogP contribution in [-0.4, -0.2) is 48.1 Å². The molecule has 0 saturated carbocycles. The summed E-state index contributed by atoms with van der Waals surface area (Å²) >= 11 is 1.86. The number of carboxylic acids is 1. The molecule has 0 aromatic carbocycles. The first kappa shape index (κ1) is 12.8. The maximum Gasteiger partial charge on any atom is 0.304 e. The number of carbonyl (C=O) groups is 1. The third-order valence-electron chi connectivity index (χ3n) is 1.85. The smallest absolute Gasteiger partial charge is 0.304 e. The third kappa shape index (κ3) is 9.70. The number of aliphatic carboxylic acids is 1. The summed E-state index contributed by atoms with van der Waals surface area (Å²) in [4.78, 5) is 12.3. The van der Waals surface area contributed by atoms with Gasteiger partial charge in [-0.3, -0.25) is 4.79 Å². The number of rotatable bonds is 8. The fourth-order valence-electron chi connectivity index (χ4n) is 1.03. The summed E-state index contributed by atoms with van der Waals surface area (Å²) in [5.74, 6) is 0.489. The first-order chi connectivity index (χ1) is 6.16. The molecular weight excluding hydrogens is 186 g/mol. The van der Waals surface area contributed by atoms with Crippen molar-refractivity contribution in [2.24, 2.45) is 0 Å². The van der Waals surface area contributed by atoms with E-state index < -0.39 is 5.97 Å². The van der Waals surface area contributed by atoms with Crippen molar-refractivity contribution in [3.63, 3.8) is 0 Å². The van der Waals surface area contributed by atoms with Crippen molar-refractivity contribution in [1.82, 2.24) is 4.90 Å². The van der Waals surface area contributed by atoms with Crippen LogP contribution in [0.25, 0.3) is 0 Å². The molecule has 0 aromatic rings. The molecule has 0 amide bonds. The average molecular weight is 205 g/mol. The molecule has 0 radical (unpaired) electrons. The first-order valence-corrected chi connectivity index (χ1v) is 5.95. The number of nitrogens with zero attached hydrogens (tertiary/aromatic N) is 1. The molecule has 0 heterocycles. The normalized spacial score (nSPS) is 10.7. The number of thioether (sulfide) groups is 1. The van der Waals surface area contributed by atoms with Gasteiger partial charge in [-0.15, -0.1) is 0 Å². The predicted molar refractivity (Wildman–Crippen MR) is 57.4 cm³/mol. The van der Waals surface area contributed by atoms with Gasteiger partial charge in [-0.2, -0.15) is 11.8 Å². The molecule has 0 aliphatic rings. The Bertz CT molecular complexity index is 142. The quantitative estimate of drug-likeness (QED) is 0.610. The van der Waals surface area contributed by atoms with Crippen LogP contribution in [-0.2, 0) is 4.79 Å². The Morgan fingerprint density at radius 1 is 1.38 bits per heavy atom. The number of hydrogen-bond donors (Lipinski definition) is 1. The van der Waals surface area contributed by atoms with Crippen LogP contribution in [0.15, 0.2) is 0 Å². The Balaban J connectivity index is 3.19. The van der Waals surface area contributed by atoms with Crippen molar-refractivity contribution in [2.75, 3.05) is 32.1 Å². The Labute approximate surface area is 84.5 Å². The van der Waals surface area contributed by atoms with E-state index in [0.29, 0.717) is 6.54 Å². The Hall–Kier alpha value is -0.220. The van der Waals surface area contributed by atoms with Crippen molar-refractivity contribution in [3.8, 4) is 0 Å². The highest BCUT2D eigenvalue weighted by Gasteiger charge is 2.01. The van der Waals surface area contributed by atoms with Crippen LogP contribution < -0.4 is 0 Å². The second-order valence-corrected chi connectivity index (χ2v) is 4.13. The molecule has 0 unspecified atom stereocenters. The molecule has 0 atom stereocenters. The largest absolute Gasteiger partial charge is 0.481 e. The summed E-state index contributed by atoms with van der Waals surface area (Å²) in [5, 5.41) is 8.44. The highest BCUT2D eigenvalue weighted by atomic mass is 32.2. The van der Waals surface area contributed by atoms with Gasteiger partial charge in [0.25, 0.3) is 0 Å². The number of carboxylic acid groups (broad SMARTS) is 1. The lowest BCUT2D eigenvalue weighted by atomic mass is 10.3. The zero-order valence-electron chi connectivity index (χ0n) is 8.45. The standard InChI is InChI=1S/C9H19NO2S/c1-10(7-5-9(11)12)6-3-4-8-13-2/h3-8H2,1-2H3,(H,11,12). The minimum absolute atomic E-state index is 0.249. The van der Waals surface area contributed by atoms with Crippen LogP contribution in [0.3, 0.4) is 0 Å². The third-order valence-corrected chi connectivity index (χ3v) is 2.54. The van der Waals surface area contributed by atoms with Gasteiger partial charge in [-0.1, -0.05) is 0 Å². The van der Waals surface area contributed by atoms with Crippen molar-refractivity contribution >= 4 is 17.7 Å². The van der Waals surface area contributed by atoms with E-state index in [1.54, 1.807) is 0 Å².